The Hall–Kier alpha value is -0.480. The molecule has 2 nitrogen and oxygen atoms in total. The zero-order valence-corrected chi connectivity index (χ0v) is 12.6. The van der Waals surface area contributed by atoms with Crippen molar-refractivity contribution < 1.29 is 8.42 Å². The fourth-order valence-electron chi connectivity index (χ4n) is 1.74. The van der Waals surface area contributed by atoms with Crippen LogP contribution < -0.4 is 0 Å². The molecule has 0 spiro atoms. The fraction of sp³-hybridized carbons (Fsp3) is 0.538. The number of hydrogen-bond acceptors (Lipinski definition) is 2. The Morgan fingerprint density at radius 2 is 1.65 bits per heavy atom. The molecular formula is C13H21O2S2+. The zero-order valence-electron chi connectivity index (χ0n) is 10.9. The maximum Gasteiger partial charge on any atom is 0.224 e. The summed E-state index contributed by atoms with van der Waals surface area (Å²) in [7, 11) is -3.22. The molecule has 0 amide bonds. The summed E-state index contributed by atoms with van der Waals surface area (Å²) in [5.74, 6) is 0.944. The van der Waals surface area contributed by atoms with Crippen LogP contribution in [0.5, 0.6) is 0 Å². The molecule has 0 aliphatic heterocycles. The number of rotatable bonds is 4. The standard InChI is InChI=1S/C13H21O2S2/c1-13(2,3)10-16(4)11-17(14,15)12-8-6-5-7-9-12/h5-9H,10-11H2,1-4H3/q+1. The molecule has 1 atom stereocenters. The van der Waals surface area contributed by atoms with E-state index >= 15 is 0 Å². The highest BCUT2D eigenvalue weighted by atomic mass is 32.3. The third-order valence-electron chi connectivity index (χ3n) is 2.14. The molecule has 0 bridgehead atoms. The van der Waals surface area contributed by atoms with Crippen molar-refractivity contribution in [2.45, 2.75) is 25.7 Å². The average Bonchev–Trinajstić information content (AvgIpc) is 2.15. The number of benzene rings is 1. The van der Waals surface area contributed by atoms with Crippen LogP contribution in [-0.2, 0) is 20.7 Å². The van der Waals surface area contributed by atoms with E-state index in [1.54, 1.807) is 24.3 Å². The highest BCUT2D eigenvalue weighted by molar-refractivity contribution is 8.10. The van der Waals surface area contributed by atoms with Gasteiger partial charge in [-0.25, -0.2) is 8.42 Å². The molecule has 0 aliphatic carbocycles. The SMILES string of the molecule is C[S+](CC(C)(C)C)CS(=O)(=O)c1ccccc1. The van der Waals surface area contributed by atoms with Gasteiger partial charge in [-0.2, -0.15) is 0 Å². The summed E-state index contributed by atoms with van der Waals surface area (Å²) in [6.07, 6.45) is 2.03. The van der Waals surface area contributed by atoms with E-state index in [2.05, 4.69) is 20.8 Å². The first-order valence-electron chi connectivity index (χ1n) is 5.58. The Balaban J connectivity index is 2.75. The van der Waals surface area contributed by atoms with Crippen molar-refractivity contribution in [3.05, 3.63) is 30.3 Å². The molecule has 4 heteroatoms. The second kappa shape index (κ2) is 5.44. The molecule has 0 fully saturated rings. The van der Waals surface area contributed by atoms with Crippen molar-refractivity contribution in [3.63, 3.8) is 0 Å². The summed E-state index contributed by atoms with van der Waals surface area (Å²) in [4.78, 5) is 0.438. The minimum absolute atomic E-state index is 0.0974. The minimum atomic E-state index is -3.12. The van der Waals surface area contributed by atoms with Crippen LogP contribution in [0, 0.1) is 5.41 Å². The third-order valence-corrected chi connectivity index (χ3v) is 7.34. The molecular weight excluding hydrogens is 252 g/mol. The van der Waals surface area contributed by atoms with Crippen molar-refractivity contribution >= 4 is 20.7 Å². The highest BCUT2D eigenvalue weighted by Gasteiger charge is 2.29. The molecule has 0 aromatic heterocycles. The van der Waals surface area contributed by atoms with Crippen molar-refractivity contribution in [1.29, 1.82) is 0 Å². The van der Waals surface area contributed by atoms with Gasteiger partial charge < -0.3 is 0 Å². The van der Waals surface area contributed by atoms with Crippen LogP contribution >= 0.6 is 0 Å². The van der Waals surface area contributed by atoms with E-state index in [1.807, 2.05) is 12.3 Å². The fourth-order valence-corrected chi connectivity index (χ4v) is 6.79. The molecule has 0 N–H and O–H groups in total. The van der Waals surface area contributed by atoms with E-state index in [4.69, 9.17) is 0 Å². The van der Waals surface area contributed by atoms with Gasteiger partial charge in [0.2, 0.25) is 14.9 Å². The second-order valence-corrected chi connectivity index (χ2v) is 10.0. The van der Waals surface area contributed by atoms with Gasteiger partial charge in [-0.1, -0.05) is 39.0 Å². The van der Waals surface area contributed by atoms with Crippen LogP contribution in [0.2, 0.25) is 0 Å². The maximum absolute atomic E-state index is 12.1. The van der Waals surface area contributed by atoms with E-state index < -0.39 is 9.84 Å². The largest absolute Gasteiger partial charge is 0.224 e. The summed E-state index contributed by atoms with van der Waals surface area (Å²) < 4.78 is 24.3. The molecule has 0 saturated carbocycles. The lowest BCUT2D eigenvalue weighted by atomic mass is 10.0. The summed E-state index contributed by atoms with van der Waals surface area (Å²) in [5, 5.41) is 0.258. The molecule has 0 saturated heterocycles. The first-order chi connectivity index (χ1) is 7.71. The van der Waals surface area contributed by atoms with Crippen molar-refractivity contribution in [1.82, 2.24) is 0 Å². The smallest absolute Gasteiger partial charge is 0.219 e. The van der Waals surface area contributed by atoms with Crippen LogP contribution in [-0.4, -0.2) is 25.5 Å². The van der Waals surface area contributed by atoms with E-state index in [9.17, 15) is 8.42 Å². The Morgan fingerprint density at radius 3 is 2.12 bits per heavy atom. The van der Waals surface area contributed by atoms with Crippen molar-refractivity contribution in [2.24, 2.45) is 5.41 Å². The predicted octanol–water partition coefficient (Wildman–Crippen LogP) is 2.71. The second-order valence-electron chi connectivity index (χ2n) is 5.53. The molecule has 1 unspecified atom stereocenters. The maximum atomic E-state index is 12.1. The van der Waals surface area contributed by atoms with E-state index in [-0.39, 0.29) is 21.4 Å². The normalized spacial score (nSPS) is 14.6. The predicted molar refractivity (Wildman–Crippen MR) is 76.1 cm³/mol. The molecule has 1 aromatic rings. The molecule has 96 valence electrons. The van der Waals surface area contributed by atoms with Gasteiger partial charge in [-0.05, 0) is 12.1 Å². The van der Waals surface area contributed by atoms with Crippen molar-refractivity contribution in [2.75, 3.05) is 17.1 Å². The monoisotopic (exact) mass is 273 g/mol. The van der Waals surface area contributed by atoms with Crippen LogP contribution in [0.1, 0.15) is 20.8 Å². The van der Waals surface area contributed by atoms with E-state index in [0.717, 1.165) is 5.75 Å². The van der Waals surface area contributed by atoms with Crippen LogP contribution in [0.4, 0.5) is 0 Å². The summed E-state index contributed by atoms with van der Waals surface area (Å²) >= 11 is 0. The van der Waals surface area contributed by atoms with Gasteiger partial charge in [0.15, 0.2) is 0 Å². The van der Waals surface area contributed by atoms with Gasteiger partial charge in [0.05, 0.1) is 11.2 Å². The van der Waals surface area contributed by atoms with Crippen LogP contribution in [0.3, 0.4) is 0 Å². The summed E-state index contributed by atoms with van der Waals surface area (Å²) in [6.45, 7) is 6.43. The minimum Gasteiger partial charge on any atom is -0.219 e. The molecule has 0 radical (unpaired) electrons. The summed E-state index contributed by atoms with van der Waals surface area (Å²) in [5.41, 5.74) is 0.185. The highest BCUT2D eigenvalue weighted by Crippen LogP contribution is 2.20. The van der Waals surface area contributed by atoms with Gasteiger partial charge in [-0.3, -0.25) is 0 Å². The molecule has 0 heterocycles. The number of hydrogen-bond donors (Lipinski definition) is 0. The Labute approximate surface area is 108 Å². The molecule has 1 aromatic carbocycles. The first kappa shape index (κ1) is 14.6. The zero-order chi connectivity index (χ0) is 13.1. The van der Waals surface area contributed by atoms with Gasteiger partial charge >= 0.3 is 0 Å². The Kier molecular flexibility index (Phi) is 4.67. The molecule has 17 heavy (non-hydrogen) atoms. The van der Waals surface area contributed by atoms with Crippen molar-refractivity contribution in [3.8, 4) is 0 Å². The summed E-state index contributed by atoms with van der Waals surface area (Å²) in [6, 6.07) is 8.71. The average molecular weight is 273 g/mol. The molecule has 1 rings (SSSR count). The van der Waals surface area contributed by atoms with E-state index in [0.29, 0.717) is 4.90 Å². The quantitative estimate of drug-likeness (QED) is 0.791. The molecule has 0 aliphatic rings. The topological polar surface area (TPSA) is 34.1 Å². The first-order valence-corrected chi connectivity index (χ1v) is 9.20. The van der Waals surface area contributed by atoms with Crippen LogP contribution in [0.15, 0.2) is 35.2 Å². The van der Waals surface area contributed by atoms with Gasteiger partial charge in [0, 0.05) is 16.3 Å². The Bertz CT molecular complexity index is 444. The number of sulfone groups is 1. The lowest BCUT2D eigenvalue weighted by Crippen LogP contribution is -2.26. The van der Waals surface area contributed by atoms with E-state index in [1.165, 1.54) is 0 Å². The third kappa shape index (κ3) is 5.13. The van der Waals surface area contributed by atoms with Gasteiger partial charge in [0.25, 0.3) is 0 Å². The lowest BCUT2D eigenvalue weighted by molar-refractivity contribution is 0.479. The van der Waals surface area contributed by atoms with Crippen LogP contribution in [0.25, 0.3) is 0 Å². The van der Waals surface area contributed by atoms with Gasteiger partial charge in [-0.15, -0.1) is 0 Å². The van der Waals surface area contributed by atoms with Gasteiger partial charge in [0.1, 0.15) is 5.75 Å². The lowest BCUT2D eigenvalue weighted by Gasteiger charge is -2.16. The Morgan fingerprint density at radius 1 is 1.12 bits per heavy atom.